The van der Waals surface area contributed by atoms with E-state index in [1.165, 1.54) is 24.8 Å². The van der Waals surface area contributed by atoms with Crippen molar-refractivity contribution in [2.75, 3.05) is 13.1 Å². The van der Waals surface area contributed by atoms with E-state index in [-0.39, 0.29) is 12.3 Å². The molecule has 1 aliphatic heterocycles. The molecule has 1 aliphatic rings. The normalized spacial score (nSPS) is 15.9. The van der Waals surface area contributed by atoms with Crippen molar-refractivity contribution in [1.82, 2.24) is 10.2 Å². The topological polar surface area (TPSA) is 69.6 Å². The number of likely N-dealkylation sites (tertiary alicyclic amines) is 1. The number of benzene rings is 2. The number of rotatable bonds is 7. The predicted octanol–water partition coefficient (Wildman–Crippen LogP) is 3.10. The monoisotopic (exact) mass is 366 g/mol. The van der Waals surface area contributed by atoms with Crippen LogP contribution in [0.25, 0.3) is 0 Å². The average molecular weight is 366 g/mol. The number of piperidine rings is 1. The maximum Gasteiger partial charge on any atom is 0.326 e. The van der Waals surface area contributed by atoms with Crippen LogP contribution < -0.4 is 5.32 Å². The Morgan fingerprint density at radius 2 is 1.59 bits per heavy atom. The molecule has 0 bridgehead atoms. The summed E-state index contributed by atoms with van der Waals surface area (Å²) in [4.78, 5) is 26.4. The highest BCUT2D eigenvalue weighted by atomic mass is 16.4. The van der Waals surface area contributed by atoms with Crippen molar-refractivity contribution in [1.29, 1.82) is 0 Å². The number of carboxylic acid groups (broad SMARTS) is 1. The van der Waals surface area contributed by atoms with E-state index in [0.29, 0.717) is 5.56 Å². The third kappa shape index (κ3) is 5.66. The van der Waals surface area contributed by atoms with E-state index in [4.69, 9.17) is 0 Å². The lowest BCUT2D eigenvalue weighted by Crippen LogP contribution is -2.42. The fourth-order valence-electron chi connectivity index (χ4n) is 3.43. The van der Waals surface area contributed by atoms with E-state index in [1.54, 1.807) is 12.1 Å². The molecule has 0 unspecified atom stereocenters. The van der Waals surface area contributed by atoms with Crippen LogP contribution in [0.1, 0.15) is 40.7 Å². The Hall–Kier alpha value is -2.66. The smallest absolute Gasteiger partial charge is 0.326 e. The van der Waals surface area contributed by atoms with Crippen LogP contribution in [0.5, 0.6) is 0 Å². The zero-order chi connectivity index (χ0) is 19.1. The third-order valence-electron chi connectivity index (χ3n) is 4.96. The van der Waals surface area contributed by atoms with Crippen LogP contribution in [-0.2, 0) is 17.8 Å². The van der Waals surface area contributed by atoms with E-state index in [0.717, 1.165) is 25.2 Å². The summed E-state index contributed by atoms with van der Waals surface area (Å²) in [6.45, 7) is 3.15. The van der Waals surface area contributed by atoms with Crippen molar-refractivity contribution in [3.63, 3.8) is 0 Å². The Kier molecular flexibility index (Phi) is 6.60. The molecule has 0 saturated carbocycles. The van der Waals surface area contributed by atoms with Crippen molar-refractivity contribution in [3.05, 3.63) is 71.3 Å². The van der Waals surface area contributed by atoms with E-state index < -0.39 is 12.0 Å². The fourth-order valence-corrected chi connectivity index (χ4v) is 3.43. The van der Waals surface area contributed by atoms with Gasteiger partial charge in [0.2, 0.25) is 0 Å². The van der Waals surface area contributed by atoms with Crippen molar-refractivity contribution in [3.8, 4) is 0 Å². The van der Waals surface area contributed by atoms with Crippen LogP contribution >= 0.6 is 0 Å². The molecule has 1 amide bonds. The molecule has 2 aromatic carbocycles. The highest BCUT2D eigenvalue weighted by molar-refractivity contribution is 5.96. The Morgan fingerprint density at radius 1 is 0.926 bits per heavy atom. The molecule has 1 saturated heterocycles. The number of nitrogens with one attached hydrogen (secondary N) is 1. The SMILES string of the molecule is O=C(N[C@@H](Cc1ccccc1)C(=O)O)c1ccc(CN2CCCCC2)cc1. The van der Waals surface area contributed by atoms with Crippen molar-refractivity contribution in [2.24, 2.45) is 0 Å². The molecule has 0 spiro atoms. The Bertz CT molecular complexity index is 753. The summed E-state index contributed by atoms with van der Waals surface area (Å²) < 4.78 is 0. The summed E-state index contributed by atoms with van der Waals surface area (Å²) >= 11 is 0. The van der Waals surface area contributed by atoms with Gasteiger partial charge in [0.1, 0.15) is 6.04 Å². The minimum atomic E-state index is -1.03. The highest BCUT2D eigenvalue weighted by Gasteiger charge is 2.21. The number of nitrogens with zero attached hydrogens (tertiary/aromatic N) is 1. The Morgan fingerprint density at radius 3 is 2.22 bits per heavy atom. The number of carbonyl (C=O) groups excluding carboxylic acids is 1. The summed E-state index contributed by atoms with van der Waals surface area (Å²) in [5.74, 6) is -1.39. The largest absolute Gasteiger partial charge is 0.480 e. The van der Waals surface area contributed by atoms with E-state index in [2.05, 4.69) is 10.2 Å². The first-order chi connectivity index (χ1) is 13.1. The minimum Gasteiger partial charge on any atom is -0.480 e. The van der Waals surface area contributed by atoms with Gasteiger partial charge in [0.05, 0.1) is 0 Å². The molecular weight excluding hydrogens is 340 g/mol. The second-order valence-corrected chi connectivity index (χ2v) is 7.09. The van der Waals surface area contributed by atoms with Gasteiger partial charge in [-0.25, -0.2) is 4.79 Å². The number of hydrogen-bond donors (Lipinski definition) is 2. The quantitative estimate of drug-likeness (QED) is 0.790. The molecule has 3 rings (SSSR count). The fraction of sp³-hybridized carbons (Fsp3) is 0.364. The lowest BCUT2D eigenvalue weighted by Gasteiger charge is -2.26. The van der Waals surface area contributed by atoms with Crippen LogP contribution in [0.2, 0.25) is 0 Å². The lowest BCUT2D eigenvalue weighted by molar-refractivity contribution is -0.139. The van der Waals surface area contributed by atoms with Crippen LogP contribution in [0.15, 0.2) is 54.6 Å². The second kappa shape index (κ2) is 9.33. The molecular formula is C22H26N2O3. The van der Waals surface area contributed by atoms with Crippen molar-refractivity contribution >= 4 is 11.9 Å². The molecule has 27 heavy (non-hydrogen) atoms. The van der Waals surface area contributed by atoms with Gasteiger partial charge < -0.3 is 10.4 Å². The Labute approximate surface area is 160 Å². The molecule has 2 aromatic rings. The van der Waals surface area contributed by atoms with Gasteiger partial charge in [0.25, 0.3) is 5.91 Å². The van der Waals surface area contributed by atoms with Crippen molar-refractivity contribution in [2.45, 2.75) is 38.3 Å². The van der Waals surface area contributed by atoms with Gasteiger partial charge >= 0.3 is 5.97 Å². The van der Waals surface area contributed by atoms with E-state index >= 15 is 0 Å². The number of carbonyl (C=O) groups is 2. The maximum atomic E-state index is 12.5. The van der Waals surface area contributed by atoms with Crippen molar-refractivity contribution < 1.29 is 14.7 Å². The predicted molar refractivity (Wildman–Crippen MR) is 105 cm³/mol. The average Bonchev–Trinajstić information content (AvgIpc) is 2.69. The number of amides is 1. The standard InChI is InChI=1S/C22H26N2O3/c25-21(23-20(22(26)27)15-17-7-3-1-4-8-17)19-11-9-18(10-12-19)16-24-13-5-2-6-14-24/h1,3-4,7-12,20H,2,5-6,13-16H2,(H,23,25)(H,26,27)/t20-/m0/s1. The maximum absolute atomic E-state index is 12.5. The molecule has 2 N–H and O–H groups in total. The van der Waals surface area contributed by atoms with Gasteiger partial charge in [0.15, 0.2) is 0 Å². The molecule has 142 valence electrons. The molecule has 1 fully saturated rings. The van der Waals surface area contributed by atoms with Gasteiger partial charge in [-0.15, -0.1) is 0 Å². The summed E-state index contributed by atoms with van der Waals surface area (Å²) in [5, 5.41) is 12.1. The molecule has 0 aliphatic carbocycles. The van der Waals surface area contributed by atoms with Crippen LogP contribution in [-0.4, -0.2) is 41.0 Å². The van der Waals surface area contributed by atoms with Crippen LogP contribution in [0.3, 0.4) is 0 Å². The molecule has 0 radical (unpaired) electrons. The zero-order valence-electron chi connectivity index (χ0n) is 15.4. The first kappa shape index (κ1) is 19.1. The van der Waals surface area contributed by atoms with Gasteiger partial charge in [-0.2, -0.15) is 0 Å². The van der Waals surface area contributed by atoms with Gasteiger partial charge in [-0.1, -0.05) is 48.9 Å². The lowest BCUT2D eigenvalue weighted by atomic mass is 10.0. The third-order valence-corrected chi connectivity index (χ3v) is 4.96. The number of hydrogen-bond acceptors (Lipinski definition) is 3. The molecule has 1 heterocycles. The first-order valence-corrected chi connectivity index (χ1v) is 9.51. The van der Waals surface area contributed by atoms with Gasteiger partial charge in [-0.3, -0.25) is 9.69 Å². The summed E-state index contributed by atoms with van der Waals surface area (Å²) in [6, 6.07) is 15.8. The highest BCUT2D eigenvalue weighted by Crippen LogP contribution is 2.14. The van der Waals surface area contributed by atoms with E-state index in [9.17, 15) is 14.7 Å². The van der Waals surface area contributed by atoms with Gasteiger partial charge in [-0.05, 0) is 49.2 Å². The van der Waals surface area contributed by atoms with Crippen LogP contribution in [0.4, 0.5) is 0 Å². The summed E-state index contributed by atoms with van der Waals surface area (Å²) in [7, 11) is 0. The molecule has 0 aromatic heterocycles. The zero-order valence-corrected chi connectivity index (χ0v) is 15.4. The molecule has 5 heteroatoms. The number of carboxylic acids is 1. The summed E-state index contributed by atoms with van der Waals surface area (Å²) in [5.41, 5.74) is 2.53. The van der Waals surface area contributed by atoms with Crippen LogP contribution in [0, 0.1) is 0 Å². The molecule has 1 atom stereocenters. The first-order valence-electron chi connectivity index (χ1n) is 9.51. The van der Waals surface area contributed by atoms with Gasteiger partial charge in [0, 0.05) is 18.5 Å². The number of aliphatic carboxylic acids is 1. The summed E-state index contributed by atoms with van der Waals surface area (Å²) in [6.07, 6.45) is 4.06. The second-order valence-electron chi connectivity index (χ2n) is 7.09. The van der Waals surface area contributed by atoms with E-state index in [1.807, 2.05) is 42.5 Å². The molecule has 5 nitrogen and oxygen atoms in total. The Balaban J connectivity index is 1.59. The minimum absolute atomic E-state index is 0.259.